The van der Waals surface area contributed by atoms with E-state index in [1.807, 2.05) is 6.08 Å². The topological polar surface area (TPSA) is 125 Å². The second-order valence-corrected chi connectivity index (χ2v) is 8.04. The number of aromatic nitrogens is 4. The van der Waals surface area contributed by atoms with Crippen LogP contribution in [0.4, 0.5) is 18.9 Å². The highest BCUT2D eigenvalue weighted by atomic mass is 19.4. The van der Waals surface area contributed by atoms with Gasteiger partial charge in [-0.25, -0.2) is 4.79 Å². The maximum Gasteiger partial charge on any atom is 0.490 e. The van der Waals surface area contributed by atoms with Gasteiger partial charge in [-0.05, 0) is 25.3 Å². The molecule has 0 radical (unpaired) electrons. The van der Waals surface area contributed by atoms with Gasteiger partial charge in [0.15, 0.2) is 11.2 Å². The van der Waals surface area contributed by atoms with E-state index in [0.717, 1.165) is 49.4 Å². The predicted molar refractivity (Wildman–Crippen MR) is 113 cm³/mol. The number of aromatic amines is 1. The van der Waals surface area contributed by atoms with Crippen LogP contribution in [-0.2, 0) is 16.0 Å². The Morgan fingerprint density at radius 1 is 1.33 bits per heavy atom. The minimum atomic E-state index is -5.08. The number of fused-ring (bicyclic) bond motifs is 2. The Kier molecular flexibility index (Phi) is 6.43. The van der Waals surface area contributed by atoms with E-state index in [-0.39, 0.29) is 5.43 Å². The van der Waals surface area contributed by atoms with E-state index in [1.165, 1.54) is 6.42 Å². The van der Waals surface area contributed by atoms with Crippen LogP contribution in [0.5, 0.6) is 0 Å². The Morgan fingerprint density at radius 3 is 2.67 bits per heavy atom. The van der Waals surface area contributed by atoms with Gasteiger partial charge in [0.05, 0.1) is 18.9 Å². The van der Waals surface area contributed by atoms with Gasteiger partial charge in [-0.15, -0.1) is 10.2 Å². The van der Waals surface area contributed by atoms with E-state index < -0.39 is 12.1 Å². The largest absolute Gasteiger partial charge is 0.490 e. The Balaban J connectivity index is 0.000000325. The molecule has 3 N–H and O–H groups in total. The number of halogens is 3. The standard InChI is InChI=1S/C18H24N6O2.C2HF3O2/c1-2-12-16(23-8-7-19-13-3-4-14(13)23)17(25)15-18(20-12)22-24(21-15)11-5-9-26-10-6-11;3-2(4,5)1(6)7/h5,13-14,19H,2-4,6-10H2,1H3,(H,20,22);(H,6,7)/t13-,14-;/m0./s1. The number of aliphatic carboxylic acids is 1. The molecule has 33 heavy (non-hydrogen) atoms. The third kappa shape index (κ3) is 4.60. The number of hydrogen-bond acceptors (Lipinski definition) is 7. The molecular weight excluding hydrogens is 445 g/mol. The van der Waals surface area contributed by atoms with Crippen molar-refractivity contribution in [2.24, 2.45) is 0 Å². The number of anilines is 1. The first-order valence-electron chi connectivity index (χ1n) is 10.8. The van der Waals surface area contributed by atoms with Gasteiger partial charge in [-0.1, -0.05) is 6.92 Å². The molecule has 13 heteroatoms. The van der Waals surface area contributed by atoms with E-state index in [0.29, 0.717) is 36.5 Å². The van der Waals surface area contributed by atoms with Crippen molar-refractivity contribution in [1.82, 2.24) is 25.3 Å². The SMILES string of the molecule is CCc1[nH]c2nn(C3=CCOCC3)nc2c(=O)c1N1CCN[C@H]2CC[C@@H]21.O=C(O)C(F)(F)F. The summed E-state index contributed by atoms with van der Waals surface area (Å²) in [5.41, 5.74) is 3.75. The Labute approximate surface area is 186 Å². The molecule has 0 amide bonds. The quantitative estimate of drug-likeness (QED) is 0.617. The first-order chi connectivity index (χ1) is 15.7. The predicted octanol–water partition coefficient (Wildman–Crippen LogP) is 1.52. The first-order valence-corrected chi connectivity index (χ1v) is 10.8. The molecule has 2 aliphatic heterocycles. The van der Waals surface area contributed by atoms with Gasteiger partial charge >= 0.3 is 12.1 Å². The van der Waals surface area contributed by atoms with Gasteiger partial charge in [-0.2, -0.15) is 18.0 Å². The van der Waals surface area contributed by atoms with Crippen LogP contribution in [0, 0.1) is 0 Å². The number of nitrogens with zero attached hydrogens (tertiary/aromatic N) is 4. The summed E-state index contributed by atoms with van der Waals surface area (Å²) in [4.78, 5) is 29.5. The van der Waals surface area contributed by atoms with Crippen molar-refractivity contribution >= 4 is 28.5 Å². The minimum absolute atomic E-state index is 0.00191. The van der Waals surface area contributed by atoms with Crippen LogP contribution in [-0.4, -0.2) is 75.6 Å². The van der Waals surface area contributed by atoms with Crippen molar-refractivity contribution in [2.75, 3.05) is 31.2 Å². The number of aryl methyl sites for hydroxylation is 1. The lowest BCUT2D eigenvalue weighted by Crippen LogP contribution is -2.64. The summed E-state index contributed by atoms with van der Waals surface area (Å²) in [5.74, 6) is -2.76. The van der Waals surface area contributed by atoms with E-state index in [2.05, 4.69) is 32.3 Å². The lowest BCUT2D eigenvalue weighted by atomic mass is 9.83. The highest BCUT2D eigenvalue weighted by molar-refractivity contribution is 5.76. The molecule has 4 heterocycles. The smallest absolute Gasteiger partial charge is 0.475 e. The molecule has 1 saturated heterocycles. The molecule has 0 unspecified atom stereocenters. The van der Waals surface area contributed by atoms with E-state index in [9.17, 15) is 18.0 Å². The number of ether oxygens (including phenoxy) is 1. The average molecular weight is 470 g/mol. The highest BCUT2D eigenvalue weighted by Gasteiger charge is 2.40. The summed E-state index contributed by atoms with van der Waals surface area (Å²) in [6, 6.07) is 0.924. The van der Waals surface area contributed by atoms with E-state index in [1.54, 1.807) is 4.80 Å². The molecule has 5 rings (SSSR count). The van der Waals surface area contributed by atoms with Crippen LogP contribution in [0.25, 0.3) is 16.9 Å². The maximum absolute atomic E-state index is 13.3. The van der Waals surface area contributed by atoms with Crippen LogP contribution < -0.4 is 15.6 Å². The number of alkyl halides is 3. The Hall–Kier alpha value is -2.93. The van der Waals surface area contributed by atoms with Gasteiger partial charge in [-0.3, -0.25) is 4.79 Å². The molecule has 0 aromatic carbocycles. The minimum Gasteiger partial charge on any atom is -0.475 e. The zero-order valence-corrected chi connectivity index (χ0v) is 18.0. The van der Waals surface area contributed by atoms with Crippen LogP contribution >= 0.6 is 0 Å². The number of hydrogen-bond donors (Lipinski definition) is 3. The fourth-order valence-electron chi connectivity index (χ4n) is 4.29. The molecule has 10 nitrogen and oxygen atoms in total. The number of rotatable bonds is 3. The molecule has 2 aromatic rings. The van der Waals surface area contributed by atoms with Crippen molar-refractivity contribution in [1.29, 1.82) is 0 Å². The van der Waals surface area contributed by atoms with Crippen molar-refractivity contribution in [3.63, 3.8) is 0 Å². The summed E-state index contributed by atoms with van der Waals surface area (Å²) in [6.07, 6.45) is 0.742. The van der Waals surface area contributed by atoms with E-state index in [4.69, 9.17) is 14.6 Å². The van der Waals surface area contributed by atoms with Gasteiger partial charge in [0.1, 0.15) is 5.69 Å². The first kappa shape index (κ1) is 23.2. The molecule has 1 aliphatic carbocycles. The van der Waals surface area contributed by atoms with Gasteiger partial charge in [0.2, 0.25) is 5.43 Å². The summed E-state index contributed by atoms with van der Waals surface area (Å²) in [6.45, 7) is 5.08. The zero-order chi connectivity index (χ0) is 23.8. The highest BCUT2D eigenvalue weighted by Crippen LogP contribution is 2.32. The molecular formula is C20H25F3N6O4. The van der Waals surface area contributed by atoms with Gasteiger partial charge in [0.25, 0.3) is 0 Å². The van der Waals surface area contributed by atoms with E-state index >= 15 is 0 Å². The molecule has 0 bridgehead atoms. The number of pyridine rings is 1. The number of carboxylic acid groups (broad SMARTS) is 1. The average Bonchev–Trinajstić information content (AvgIpc) is 3.19. The number of carbonyl (C=O) groups is 1. The summed E-state index contributed by atoms with van der Waals surface area (Å²) in [5, 5.41) is 19.7. The van der Waals surface area contributed by atoms with Crippen molar-refractivity contribution in [2.45, 2.75) is 50.9 Å². The number of H-pyrrole nitrogens is 1. The van der Waals surface area contributed by atoms with Crippen molar-refractivity contribution in [3.05, 3.63) is 22.0 Å². The molecule has 0 spiro atoms. The molecule has 3 aliphatic rings. The monoisotopic (exact) mass is 470 g/mol. The van der Waals surface area contributed by atoms with Crippen LogP contribution in [0.2, 0.25) is 0 Å². The zero-order valence-electron chi connectivity index (χ0n) is 18.0. The number of nitrogens with one attached hydrogen (secondary N) is 2. The molecule has 2 fully saturated rings. The lowest BCUT2D eigenvalue weighted by Gasteiger charge is -2.50. The third-order valence-electron chi connectivity index (χ3n) is 6.08. The summed E-state index contributed by atoms with van der Waals surface area (Å²) >= 11 is 0. The fraction of sp³-hybridized carbons (Fsp3) is 0.600. The van der Waals surface area contributed by atoms with Gasteiger partial charge in [0, 0.05) is 37.3 Å². The van der Waals surface area contributed by atoms with Crippen molar-refractivity contribution < 1.29 is 27.8 Å². The number of carboxylic acids is 1. The lowest BCUT2D eigenvalue weighted by molar-refractivity contribution is -0.192. The van der Waals surface area contributed by atoms with Crippen LogP contribution in [0.1, 0.15) is 31.9 Å². The fourth-order valence-corrected chi connectivity index (χ4v) is 4.29. The molecule has 1 saturated carbocycles. The van der Waals surface area contributed by atoms with Gasteiger partial charge < -0.3 is 25.0 Å². The molecule has 2 aromatic heterocycles. The summed E-state index contributed by atoms with van der Waals surface area (Å²) in [7, 11) is 0. The molecule has 2 atom stereocenters. The number of piperazine rings is 1. The maximum atomic E-state index is 13.3. The third-order valence-corrected chi connectivity index (χ3v) is 6.08. The normalized spacial score (nSPS) is 22.7. The Bertz CT molecular complexity index is 1130. The second kappa shape index (κ2) is 9.14. The van der Waals surface area contributed by atoms with Crippen LogP contribution in [0.3, 0.4) is 0 Å². The van der Waals surface area contributed by atoms with Crippen molar-refractivity contribution in [3.8, 4) is 0 Å². The Morgan fingerprint density at radius 2 is 2.09 bits per heavy atom. The molecule has 180 valence electrons. The summed E-state index contributed by atoms with van der Waals surface area (Å²) < 4.78 is 37.1. The van der Waals surface area contributed by atoms with Crippen LogP contribution in [0.15, 0.2) is 10.9 Å². The second-order valence-electron chi connectivity index (χ2n) is 8.04.